The van der Waals surface area contributed by atoms with Gasteiger partial charge in [0.15, 0.2) is 11.6 Å². The molecule has 0 aromatic rings. The SMILES string of the molecule is O[C@H]1C[C@H]2OC3(CCCCC3)O[C@@H]2[C@H]2OC3(CCCCC3)O[C@H]21. The molecule has 3 aliphatic carbocycles. The van der Waals surface area contributed by atoms with Gasteiger partial charge in [-0.3, -0.25) is 0 Å². The number of fused-ring (bicyclic) bond motifs is 3. The molecular formula is C18H28O5. The van der Waals surface area contributed by atoms with Crippen molar-refractivity contribution in [2.75, 3.05) is 0 Å². The van der Waals surface area contributed by atoms with Gasteiger partial charge in [0.05, 0.1) is 12.2 Å². The first kappa shape index (κ1) is 15.1. The van der Waals surface area contributed by atoms with E-state index in [0.717, 1.165) is 51.4 Å². The molecule has 5 atom stereocenters. The molecule has 5 fully saturated rings. The van der Waals surface area contributed by atoms with Crippen molar-refractivity contribution in [2.45, 2.75) is 113 Å². The number of aliphatic hydroxyl groups is 1. The molecule has 0 aromatic carbocycles. The topological polar surface area (TPSA) is 57.2 Å². The van der Waals surface area contributed by atoms with Crippen LogP contribution in [0.5, 0.6) is 0 Å². The van der Waals surface area contributed by atoms with Gasteiger partial charge in [0, 0.05) is 32.1 Å². The van der Waals surface area contributed by atoms with Gasteiger partial charge in [-0.05, 0) is 25.7 Å². The average Bonchev–Trinajstić information content (AvgIpc) is 3.08. The first-order valence-electron chi connectivity index (χ1n) is 9.58. The summed E-state index contributed by atoms with van der Waals surface area (Å²) in [5.41, 5.74) is 0. The van der Waals surface area contributed by atoms with Crippen molar-refractivity contribution >= 4 is 0 Å². The van der Waals surface area contributed by atoms with Crippen LogP contribution < -0.4 is 0 Å². The van der Waals surface area contributed by atoms with E-state index in [0.29, 0.717) is 6.42 Å². The first-order chi connectivity index (χ1) is 11.2. The Bertz CT molecular complexity index is 454. The fourth-order valence-electron chi connectivity index (χ4n) is 5.39. The van der Waals surface area contributed by atoms with Gasteiger partial charge in [-0.1, -0.05) is 12.8 Å². The van der Waals surface area contributed by atoms with Crippen molar-refractivity contribution in [2.24, 2.45) is 0 Å². The largest absolute Gasteiger partial charge is 0.390 e. The second kappa shape index (κ2) is 5.40. The van der Waals surface area contributed by atoms with Crippen molar-refractivity contribution < 1.29 is 24.1 Å². The van der Waals surface area contributed by atoms with Gasteiger partial charge < -0.3 is 24.1 Å². The van der Waals surface area contributed by atoms with Crippen LogP contribution in [0.4, 0.5) is 0 Å². The van der Waals surface area contributed by atoms with Crippen LogP contribution in [0, 0.1) is 0 Å². The molecule has 5 nitrogen and oxygen atoms in total. The molecule has 0 bridgehead atoms. The van der Waals surface area contributed by atoms with Gasteiger partial charge in [0.1, 0.15) is 18.3 Å². The summed E-state index contributed by atoms with van der Waals surface area (Å²) in [4.78, 5) is 0. The Hall–Kier alpha value is -0.200. The molecule has 1 N–H and O–H groups in total. The molecule has 5 heteroatoms. The molecule has 23 heavy (non-hydrogen) atoms. The van der Waals surface area contributed by atoms with Crippen LogP contribution in [-0.2, 0) is 18.9 Å². The van der Waals surface area contributed by atoms with Gasteiger partial charge >= 0.3 is 0 Å². The van der Waals surface area contributed by atoms with E-state index in [4.69, 9.17) is 18.9 Å². The zero-order valence-corrected chi connectivity index (χ0v) is 13.7. The molecule has 0 unspecified atom stereocenters. The molecule has 2 saturated heterocycles. The normalized spacial score (nSPS) is 47.6. The molecular weight excluding hydrogens is 296 g/mol. The minimum atomic E-state index is -0.509. The van der Waals surface area contributed by atoms with Gasteiger partial charge in [-0.15, -0.1) is 0 Å². The predicted molar refractivity (Wildman–Crippen MR) is 81.7 cm³/mol. The van der Waals surface area contributed by atoms with Crippen molar-refractivity contribution in [1.82, 2.24) is 0 Å². The number of ether oxygens (including phenoxy) is 4. The highest BCUT2D eigenvalue weighted by molar-refractivity contribution is 5.05. The molecule has 2 heterocycles. The van der Waals surface area contributed by atoms with E-state index in [9.17, 15) is 5.11 Å². The maximum Gasteiger partial charge on any atom is 0.169 e. The maximum atomic E-state index is 10.6. The molecule has 2 aliphatic heterocycles. The second-order valence-corrected chi connectivity index (χ2v) is 8.15. The van der Waals surface area contributed by atoms with E-state index in [1.807, 2.05) is 0 Å². The summed E-state index contributed by atoms with van der Waals surface area (Å²) in [7, 11) is 0. The Morgan fingerprint density at radius 3 is 1.78 bits per heavy atom. The van der Waals surface area contributed by atoms with Crippen molar-refractivity contribution in [3.05, 3.63) is 0 Å². The summed E-state index contributed by atoms with van der Waals surface area (Å²) in [6, 6.07) is 0. The van der Waals surface area contributed by atoms with E-state index in [-0.39, 0.29) is 24.4 Å². The van der Waals surface area contributed by atoms with Gasteiger partial charge in [-0.25, -0.2) is 0 Å². The summed E-state index contributed by atoms with van der Waals surface area (Å²) in [6.45, 7) is 0. The summed E-state index contributed by atoms with van der Waals surface area (Å²) in [6.07, 6.45) is 10.5. The van der Waals surface area contributed by atoms with Gasteiger partial charge in [-0.2, -0.15) is 0 Å². The van der Waals surface area contributed by atoms with Crippen LogP contribution >= 0.6 is 0 Å². The molecule has 130 valence electrons. The lowest BCUT2D eigenvalue weighted by atomic mass is 9.87. The first-order valence-corrected chi connectivity index (χ1v) is 9.58. The van der Waals surface area contributed by atoms with Crippen LogP contribution in [0.3, 0.4) is 0 Å². The molecule has 3 saturated carbocycles. The molecule has 5 rings (SSSR count). The summed E-state index contributed by atoms with van der Waals surface area (Å²) >= 11 is 0. The number of rotatable bonds is 0. The van der Waals surface area contributed by atoms with Crippen LogP contribution in [0.1, 0.15) is 70.6 Å². The lowest BCUT2D eigenvalue weighted by molar-refractivity contribution is -0.220. The standard InChI is InChI=1S/C18H28O5/c19-12-11-13-15(22-17(20-13)7-3-1-4-8-17)16-14(12)21-18(23-16)9-5-2-6-10-18/h12-16,19H,1-11H2/t12-,13+,14-,15-,16-/m0/s1. The minimum Gasteiger partial charge on any atom is -0.390 e. The lowest BCUT2D eigenvalue weighted by Crippen LogP contribution is -2.53. The molecule has 0 amide bonds. The highest BCUT2D eigenvalue weighted by Gasteiger charge is 2.62. The van der Waals surface area contributed by atoms with Crippen LogP contribution in [-0.4, -0.2) is 47.2 Å². The van der Waals surface area contributed by atoms with Crippen molar-refractivity contribution in [3.63, 3.8) is 0 Å². The fraction of sp³-hybridized carbons (Fsp3) is 1.00. The summed E-state index contributed by atoms with van der Waals surface area (Å²) in [5, 5.41) is 10.6. The number of hydrogen-bond donors (Lipinski definition) is 1. The van der Waals surface area contributed by atoms with Gasteiger partial charge in [0.2, 0.25) is 0 Å². The van der Waals surface area contributed by atoms with Crippen LogP contribution in [0.2, 0.25) is 0 Å². The minimum absolute atomic E-state index is 0.0494. The predicted octanol–water partition coefficient (Wildman–Crippen LogP) is 2.64. The van der Waals surface area contributed by atoms with E-state index in [1.165, 1.54) is 12.8 Å². The average molecular weight is 324 g/mol. The lowest BCUT2D eigenvalue weighted by Gasteiger charge is -2.34. The van der Waals surface area contributed by atoms with Crippen LogP contribution in [0.15, 0.2) is 0 Å². The van der Waals surface area contributed by atoms with E-state index < -0.39 is 17.7 Å². The maximum absolute atomic E-state index is 10.6. The van der Waals surface area contributed by atoms with Crippen LogP contribution in [0.25, 0.3) is 0 Å². The number of aliphatic hydroxyl groups excluding tert-OH is 1. The third kappa shape index (κ3) is 2.39. The smallest absolute Gasteiger partial charge is 0.169 e. The van der Waals surface area contributed by atoms with E-state index in [1.54, 1.807) is 0 Å². The number of hydrogen-bond acceptors (Lipinski definition) is 5. The molecule has 0 aromatic heterocycles. The van der Waals surface area contributed by atoms with Crippen molar-refractivity contribution in [1.29, 1.82) is 0 Å². The van der Waals surface area contributed by atoms with E-state index >= 15 is 0 Å². The monoisotopic (exact) mass is 324 g/mol. The Balaban J connectivity index is 1.38. The summed E-state index contributed by atoms with van der Waals surface area (Å²) < 4.78 is 25.5. The molecule has 0 radical (unpaired) electrons. The highest BCUT2D eigenvalue weighted by atomic mass is 16.8. The highest BCUT2D eigenvalue weighted by Crippen LogP contribution is 2.51. The Kier molecular flexibility index (Phi) is 3.54. The van der Waals surface area contributed by atoms with Gasteiger partial charge in [0.25, 0.3) is 0 Å². The Morgan fingerprint density at radius 2 is 1.13 bits per heavy atom. The molecule has 5 aliphatic rings. The van der Waals surface area contributed by atoms with E-state index in [2.05, 4.69) is 0 Å². The Labute approximate surface area is 137 Å². The Morgan fingerprint density at radius 1 is 0.609 bits per heavy atom. The quantitative estimate of drug-likeness (QED) is 0.742. The zero-order chi connectivity index (χ0) is 15.5. The zero-order valence-electron chi connectivity index (χ0n) is 13.7. The molecule has 2 spiro atoms. The third-order valence-electron chi connectivity index (χ3n) is 6.52. The fourth-order valence-corrected chi connectivity index (χ4v) is 5.39. The van der Waals surface area contributed by atoms with Crippen molar-refractivity contribution in [3.8, 4) is 0 Å². The summed E-state index contributed by atoms with van der Waals surface area (Å²) in [5.74, 6) is -0.900. The third-order valence-corrected chi connectivity index (χ3v) is 6.52. The second-order valence-electron chi connectivity index (χ2n) is 8.15.